The number of hydrogen-bond acceptors (Lipinski definition) is 4. The highest BCUT2D eigenvalue weighted by atomic mass is 79.9. The van der Waals surface area contributed by atoms with Crippen LogP contribution in [0.1, 0.15) is 5.56 Å². The van der Waals surface area contributed by atoms with E-state index in [4.69, 9.17) is 10.5 Å². The third-order valence-electron chi connectivity index (χ3n) is 1.92. The highest BCUT2D eigenvalue weighted by molar-refractivity contribution is 9.10. The van der Waals surface area contributed by atoms with E-state index in [0.717, 1.165) is 10.0 Å². The molecular formula is C12H7BrN2S2. The Hall–Kier alpha value is -1.14. The van der Waals surface area contributed by atoms with Gasteiger partial charge in [-0.05, 0) is 23.8 Å². The molecule has 0 aliphatic heterocycles. The van der Waals surface area contributed by atoms with Crippen molar-refractivity contribution < 1.29 is 0 Å². The second-order valence-electron chi connectivity index (χ2n) is 3.02. The van der Waals surface area contributed by atoms with Crippen LogP contribution in [-0.2, 0) is 0 Å². The molecule has 0 N–H and O–H groups in total. The number of halogens is 1. The van der Waals surface area contributed by atoms with Crippen LogP contribution in [0.4, 0.5) is 0 Å². The summed E-state index contributed by atoms with van der Waals surface area (Å²) in [6, 6.07) is 11.0. The van der Waals surface area contributed by atoms with Gasteiger partial charge in [0.2, 0.25) is 0 Å². The second-order valence-corrected chi connectivity index (χ2v) is 5.25. The molecule has 0 saturated carbocycles. The molecule has 1 aromatic carbocycles. The minimum absolute atomic E-state index is 0.0351. The Morgan fingerprint density at radius 1 is 1.12 bits per heavy atom. The smallest absolute Gasteiger partial charge is 0.137 e. The van der Waals surface area contributed by atoms with Crippen LogP contribution < -0.4 is 0 Å². The third kappa shape index (κ3) is 3.98. The highest BCUT2D eigenvalue weighted by Crippen LogP contribution is 2.25. The quantitative estimate of drug-likeness (QED) is 0.492. The molecule has 0 aliphatic carbocycles. The molecule has 2 nitrogen and oxygen atoms in total. The zero-order chi connectivity index (χ0) is 12.8. The monoisotopic (exact) mass is 322 g/mol. The molecule has 0 aliphatic rings. The molecule has 1 rings (SSSR count). The Morgan fingerprint density at radius 2 is 1.65 bits per heavy atom. The average Bonchev–Trinajstić information content (AvgIpc) is 2.30. The van der Waals surface area contributed by atoms with Crippen molar-refractivity contribution in [1.29, 1.82) is 10.5 Å². The van der Waals surface area contributed by atoms with Gasteiger partial charge < -0.3 is 0 Å². The van der Waals surface area contributed by atoms with Crippen molar-refractivity contribution in [3.63, 3.8) is 0 Å². The number of hydrogen-bond donors (Lipinski definition) is 2. The first-order valence-electron chi connectivity index (χ1n) is 4.48. The number of rotatable bonds is 2. The molecule has 0 fully saturated rings. The summed E-state index contributed by atoms with van der Waals surface area (Å²) in [6.45, 7) is 0. The van der Waals surface area contributed by atoms with Gasteiger partial charge in [-0.3, -0.25) is 0 Å². The summed E-state index contributed by atoms with van der Waals surface area (Å²) in [5.41, 5.74) is 1.32. The van der Waals surface area contributed by atoms with Gasteiger partial charge in [0, 0.05) is 14.3 Å². The summed E-state index contributed by atoms with van der Waals surface area (Å²) in [5, 5.41) is 17.8. The summed E-state index contributed by atoms with van der Waals surface area (Å²) < 4.78 is 1.36. The fourth-order valence-electron chi connectivity index (χ4n) is 1.20. The number of nitriles is 2. The summed E-state index contributed by atoms with van der Waals surface area (Å²) in [4.78, 5) is 0. The van der Waals surface area contributed by atoms with E-state index in [9.17, 15) is 0 Å². The minimum atomic E-state index is 0.0351. The summed E-state index contributed by atoms with van der Waals surface area (Å²) in [7, 11) is 0. The molecule has 0 spiro atoms. The Kier molecular flexibility index (Phi) is 5.37. The Balaban J connectivity index is 3.42. The van der Waals surface area contributed by atoms with Crippen LogP contribution in [0.25, 0.3) is 5.57 Å². The van der Waals surface area contributed by atoms with E-state index in [1.165, 1.54) is 0 Å². The second kappa shape index (κ2) is 6.56. The van der Waals surface area contributed by atoms with Gasteiger partial charge in [0.1, 0.15) is 17.7 Å². The zero-order valence-electron chi connectivity index (χ0n) is 8.55. The van der Waals surface area contributed by atoms with Crippen molar-refractivity contribution >= 4 is 46.8 Å². The normalized spacial score (nSPS) is 8.76. The lowest BCUT2D eigenvalue weighted by Gasteiger charge is -2.03. The van der Waals surface area contributed by atoms with E-state index in [1.807, 2.05) is 36.4 Å². The largest absolute Gasteiger partial charge is 0.192 e. The van der Waals surface area contributed by atoms with Crippen LogP contribution in [-0.4, -0.2) is 0 Å². The lowest BCUT2D eigenvalue weighted by atomic mass is 10.0. The van der Waals surface area contributed by atoms with E-state index in [2.05, 4.69) is 41.2 Å². The maximum absolute atomic E-state index is 8.91. The Labute approximate surface area is 119 Å². The predicted molar refractivity (Wildman–Crippen MR) is 78.3 cm³/mol. The standard InChI is InChI=1S/C12H7BrN2S2/c13-10-3-1-8(2-4-10)11(5-12(16)17)9(6-14)7-15/h1-5,16-17H. The van der Waals surface area contributed by atoms with Crippen molar-refractivity contribution in [3.05, 3.63) is 50.2 Å². The van der Waals surface area contributed by atoms with Crippen molar-refractivity contribution in [2.45, 2.75) is 0 Å². The van der Waals surface area contributed by atoms with Gasteiger partial charge in [0.05, 0.1) is 0 Å². The SMILES string of the molecule is N#CC(C#N)=C(C=C(S)S)c1ccc(Br)cc1. The van der Waals surface area contributed by atoms with Crippen LogP contribution in [0.15, 0.2) is 44.6 Å². The van der Waals surface area contributed by atoms with Crippen LogP contribution in [0.5, 0.6) is 0 Å². The van der Waals surface area contributed by atoms with Gasteiger partial charge in [0.15, 0.2) is 0 Å². The van der Waals surface area contributed by atoms with Gasteiger partial charge >= 0.3 is 0 Å². The maximum atomic E-state index is 8.91. The first-order chi connectivity index (χ1) is 8.08. The lowest BCUT2D eigenvalue weighted by Crippen LogP contribution is -1.86. The van der Waals surface area contributed by atoms with Crippen LogP contribution >= 0.6 is 41.2 Å². The van der Waals surface area contributed by atoms with Crippen molar-refractivity contribution in [2.75, 3.05) is 0 Å². The number of benzene rings is 1. The molecule has 0 unspecified atom stereocenters. The van der Waals surface area contributed by atoms with E-state index < -0.39 is 0 Å². The topological polar surface area (TPSA) is 47.6 Å². The predicted octanol–water partition coefficient (Wildman–Crippen LogP) is 3.95. The van der Waals surface area contributed by atoms with Gasteiger partial charge in [-0.2, -0.15) is 10.5 Å². The van der Waals surface area contributed by atoms with Gasteiger partial charge in [0.25, 0.3) is 0 Å². The number of nitrogens with zero attached hydrogens (tertiary/aromatic N) is 2. The first kappa shape index (κ1) is 13.9. The Bertz CT molecular complexity index is 540. The molecule has 5 heteroatoms. The molecule has 1 aromatic rings. The molecule has 0 bridgehead atoms. The average molecular weight is 323 g/mol. The molecule has 0 saturated heterocycles. The zero-order valence-corrected chi connectivity index (χ0v) is 11.9. The Morgan fingerprint density at radius 3 is 2.06 bits per heavy atom. The molecule has 0 aromatic heterocycles. The van der Waals surface area contributed by atoms with Gasteiger partial charge in [-0.1, -0.05) is 28.1 Å². The highest BCUT2D eigenvalue weighted by Gasteiger charge is 2.07. The van der Waals surface area contributed by atoms with Crippen molar-refractivity contribution in [3.8, 4) is 12.1 Å². The molecule has 0 radical (unpaired) electrons. The fraction of sp³-hybridized carbons (Fsp3) is 0. The fourth-order valence-corrected chi connectivity index (χ4v) is 1.73. The van der Waals surface area contributed by atoms with Crippen LogP contribution in [0, 0.1) is 22.7 Å². The van der Waals surface area contributed by atoms with E-state index in [1.54, 1.807) is 6.08 Å². The van der Waals surface area contributed by atoms with Crippen LogP contribution in [0.3, 0.4) is 0 Å². The number of allylic oxidation sites excluding steroid dienone is 3. The van der Waals surface area contributed by atoms with E-state index in [-0.39, 0.29) is 5.57 Å². The minimum Gasteiger partial charge on any atom is -0.192 e. The molecule has 0 heterocycles. The van der Waals surface area contributed by atoms with Crippen molar-refractivity contribution in [1.82, 2.24) is 0 Å². The number of thiol groups is 2. The summed E-state index contributed by atoms with van der Waals surface area (Å²) >= 11 is 11.4. The molecule has 17 heavy (non-hydrogen) atoms. The van der Waals surface area contributed by atoms with Gasteiger partial charge in [-0.25, -0.2) is 0 Å². The molecular weight excluding hydrogens is 316 g/mol. The summed E-state index contributed by atoms with van der Waals surface area (Å²) in [5.74, 6) is 0. The maximum Gasteiger partial charge on any atom is 0.137 e. The van der Waals surface area contributed by atoms with Crippen molar-refractivity contribution in [2.24, 2.45) is 0 Å². The van der Waals surface area contributed by atoms with E-state index in [0.29, 0.717) is 9.81 Å². The van der Waals surface area contributed by atoms with E-state index >= 15 is 0 Å². The van der Waals surface area contributed by atoms with Crippen LogP contribution in [0.2, 0.25) is 0 Å². The first-order valence-corrected chi connectivity index (χ1v) is 6.17. The molecule has 84 valence electrons. The lowest BCUT2D eigenvalue weighted by molar-refractivity contribution is 1.46. The molecule has 0 atom stereocenters. The molecule has 0 amide bonds. The van der Waals surface area contributed by atoms with Gasteiger partial charge in [-0.15, -0.1) is 25.3 Å². The third-order valence-corrected chi connectivity index (χ3v) is 2.71. The summed E-state index contributed by atoms with van der Waals surface area (Å²) in [6.07, 6.45) is 1.58.